The number of anilines is 1. The molecule has 0 aliphatic carbocycles. The summed E-state index contributed by atoms with van der Waals surface area (Å²) in [6.45, 7) is 5.18. The zero-order chi connectivity index (χ0) is 20.5. The third-order valence-electron chi connectivity index (χ3n) is 4.45. The van der Waals surface area contributed by atoms with Crippen molar-refractivity contribution in [2.75, 3.05) is 47.0 Å². The number of nitrogens with zero attached hydrogens (tertiary/aromatic N) is 2. The second kappa shape index (κ2) is 10.8. The second-order valence-corrected chi connectivity index (χ2v) is 6.34. The van der Waals surface area contributed by atoms with Crippen LogP contribution in [-0.4, -0.2) is 57.7 Å². The molecular weight excluding hydrogens is 358 g/mol. The summed E-state index contributed by atoms with van der Waals surface area (Å²) in [6.07, 6.45) is 1.49. The first kappa shape index (κ1) is 21.9. The smallest absolute Gasteiger partial charge is 0.148 e. The number of benzene rings is 1. The van der Waals surface area contributed by atoms with Gasteiger partial charge in [-0.25, -0.2) is 9.97 Å². The number of hydrogen-bond donors (Lipinski definition) is 1. The maximum atomic E-state index is 5.58. The summed E-state index contributed by atoms with van der Waals surface area (Å²) in [5, 5.41) is 3.43. The predicted octanol–water partition coefficient (Wildman–Crippen LogP) is 3.36. The Balaban J connectivity index is 2.50. The molecule has 0 aliphatic rings. The summed E-state index contributed by atoms with van der Waals surface area (Å²) in [6, 6.07) is 5.73. The lowest BCUT2D eigenvalue weighted by molar-refractivity contribution is 0.126. The van der Waals surface area contributed by atoms with Gasteiger partial charge in [-0.05, 0) is 25.0 Å². The van der Waals surface area contributed by atoms with Crippen LogP contribution in [0.3, 0.4) is 0 Å². The van der Waals surface area contributed by atoms with E-state index in [1.54, 1.807) is 28.4 Å². The topological polar surface area (TPSA) is 74.7 Å². The van der Waals surface area contributed by atoms with Crippen molar-refractivity contribution in [2.45, 2.75) is 32.7 Å². The lowest BCUT2D eigenvalue weighted by atomic mass is 10.1. The van der Waals surface area contributed by atoms with Crippen molar-refractivity contribution in [3.8, 4) is 22.8 Å². The normalized spacial score (nSPS) is 11.0. The molecule has 0 bridgehead atoms. The molecule has 1 heterocycles. The van der Waals surface area contributed by atoms with Crippen molar-refractivity contribution in [1.82, 2.24) is 9.97 Å². The Morgan fingerprint density at radius 1 is 0.893 bits per heavy atom. The van der Waals surface area contributed by atoms with Crippen LogP contribution in [0, 0.1) is 0 Å². The van der Waals surface area contributed by atoms with Crippen molar-refractivity contribution in [2.24, 2.45) is 0 Å². The quantitative estimate of drug-likeness (QED) is 0.631. The van der Waals surface area contributed by atoms with Crippen LogP contribution in [0.4, 0.5) is 5.82 Å². The van der Waals surface area contributed by atoms with Gasteiger partial charge in [0.25, 0.3) is 0 Å². The van der Waals surface area contributed by atoms with Gasteiger partial charge in [0.15, 0.2) is 0 Å². The maximum absolute atomic E-state index is 5.58. The van der Waals surface area contributed by atoms with E-state index in [4.69, 9.17) is 28.9 Å². The number of ether oxygens (including phenoxy) is 4. The molecule has 0 radical (unpaired) electrons. The van der Waals surface area contributed by atoms with Crippen LogP contribution in [0.25, 0.3) is 11.3 Å². The highest BCUT2D eigenvalue weighted by molar-refractivity contribution is 5.71. The van der Waals surface area contributed by atoms with Crippen molar-refractivity contribution in [3.63, 3.8) is 0 Å². The first-order valence-corrected chi connectivity index (χ1v) is 9.48. The Hall–Kier alpha value is -2.38. The highest BCUT2D eigenvalue weighted by Gasteiger charge is 2.19. The summed E-state index contributed by atoms with van der Waals surface area (Å²) in [5.41, 5.74) is 3.53. The molecule has 0 amide bonds. The zero-order valence-electron chi connectivity index (χ0n) is 17.7. The van der Waals surface area contributed by atoms with E-state index in [0.29, 0.717) is 19.0 Å². The van der Waals surface area contributed by atoms with Crippen LogP contribution < -0.4 is 14.8 Å². The summed E-state index contributed by atoms with van der Waals surface area (Å²) < 4.78 is 21.5. The molecule has 0 unspecified atom stereocenters. The Labute approximate surface area is 167 Å². The summed E-state index contributed by atoms with van der Waals surface area (Å²) >= 11 is 0. The van der Waals surface area contributed by atoms with Crippen LogP contribution >= 0.6 is 0 Å². The molecule has 1 aromatic carbocycles. The minimum Gasteiger partial charge on any atom is -0.497 e. The molecule has 0 aliphatic heterocycles. The number of nitrogens with one attached hydrogen (secondary N) is 1. The Morgan fingerprint density at radius 3 is 2.11 bits per heavy atom. The first-order valence-electron chi connectivity index (χ1n) is 9.48. The fourth-order valence-corrected chi connectivity index (χ4v) is 3.05. The van der Waals surface area contributed by atoms with Gasteiger partial charge in [0.1, 0.15) is 17.3 Å². The number of rotatable bonds is 11. The monoisotopic (exact) mass is 389 g/mol. The third kappa shape index (κ3) is 5.11. The van der Waals surface area contributed by atoms with E-state index < -0.39 is 0 Å². The number of aryl methyl sites for hydroxylation is 2. The highest BCUT2D eigenvalue weighted by Crippen LogP contribution is 2.35. The van der Waals surface area contributed by atoms with E-state index in [9.17, 15) is 0 Å². The van der Waals surface area contributed by atoms with Gasteiger partial charge in [0.05, 0.1) is 50.6 Å². The van der Waals surface area contributed by atoms with Crippen molar-refractivity contribution < 1.29 is 18.9 Å². The molecular formula is C21H31N3O4. The Bertz CT molecular complexity index is 762. The molecule has 0 atom stereocenters. The summed E-state index contributed by atoms with van der Waals surface area (Å²) in [4.78, 5) is 9.83. The van der Waals surface area contributed by atoms with Crippen LogP contribution in [0.5, 0.6) is 11.5 Å². The van der Waals surface area contributed by atoms with E-state index in [-0.39, 0.29) is 6.04 Å². The van der Waals surface area contributed by atoms with E-state index in [1.807, 2.05) is 18.2 Å². The van der Waals surface area contributed by atoms with Crippen molar-refractivity contribution in [3.05, 3.63) is 29.6 Å². The molecule has 0 saturated carbocycles. The van der Waals surface area contributed by atoms with Crippen molar-refractivity contribution >= 4 is 5.82 Å². The summed E-state index contributed by atoms with van der Waals surface area (Å²) in [5.74, 6) is 2.22. The molecule has 2 rings (SSSR count). The molecule has 2 aromatic rings. The second-order valence-electron chi connectivity index (χ2n) is 6.34. The SMILES string of the molecule is CCc1nc(-c2ccc(OC)cc2OC)c(CC)nc1NC(COC)COC. The van der Waals surface area contributed by atoms with E-state index in [2.05, 4.69) is 19.2 Å². The number of hydrogen-bond acceptors (Lipinski definition) is 7. The number of methoxy groups -OCH3 is 4. The van der Waals surface area contributed by atoms with Gasteiger partial charge >= 0.3 is 0 Å². The summed E-state index contributed by atoms with van der Waals surface area (Å²) in [7, 11) is 6.63. The largest absolute Gasteiger partial charge is 0.497 e. The van der Waals surface area contributed by atoms with Gasteiger partial charge in [0.2, 0.25) is 0 Å². The van der Waals surface area contributed by atoms with Gasteiger partial charge in [-0.15, -0.1) is 0 Å². The molecule has 1 aromatic heterocycles. The predicted molar refractivity (Wildman–Crippen MR) is 110 cm³/mol. The Kier molecular flexibility index (Phi) is 8.47. The maximum Gasteiger partial charge on any atom is 0.148 e. The molecule has 28 heavy (non-hydrogen) atoms. The minimum atomic E-state index is 0.000628. The van der Waals surface area contributed by atoms with Crippen LogP contribution in [0.15, 0.2) is 18.2 Å². The third-order valence-corrected chi connectivity index (χ3v) is 4.45. The van der Waals surface area contributed by atoms with Gasteiger partial charge in [-0.3, -0.25) is 0 Å². The lowest BCUT2D eigenvalue weighted by Crippen LogP contribution is -2.31. The van der Waals surface area contributed by atoms with Gasteiger partial charge < -0.3 is 24.3 Å². The molecule has 0 spiro atoms. The minimum absolute atomic E-state index is 0.000628. The molecule has 0 fully saturated rings. The fourth-order valence-electron chi connectivity index (χ4n) is 3.05. The molecule has 0 saturated heterocycles. The lowest BCUT2D eigenvalue weighted by Gasteiger charge is -2.21. The van der Waals surface area contributed by atoms with E-state index in [0.717, 1.165) is 47.1 Å². The van der Waals surface area contributed by atoms with Crippen LogP contribution in [0.2, 0.25) is 0 Å². The molecule has 154 valence electrons. The van der Waals surface area contributed by atoms with Gasteiger partial charge in [-0.1, -0.05) is 13.8 Å². The first-order chi connectivity index (χ1) is 13.6. The highest BCUT2D eigenvalue weighted by atomic mass is 16.5. The standard InChI is InChI=1S/C21H31N3O4/c1-7-17-20(16-10-9-15(27-5)11-19(16)28-6)23-18(8-2)21(24-17)22-14(12-25-3)13-26-4/h9-11,14H,7-8,12-13H2,1-6H3,(H,22,24). The average molecular weight is 389 g/mol. The van der Waals surface area contributed by atoms with E-state index >= 15 is 0 Å². The van der Waals surface area contributed by atoms with E-state index in [1.165, 1.54) is 0 Å². The fraction of sp³-hybridized carbons (Fsp3) is 0.524. The van der Waals surface area contributed by atoms with Gasteiger partial charge in [0, 0.05) is 25.8 Å². The molecule has 7 nitrogen and oxygen atoms in total. The van der Waals surface area contributed by atoms with Crippen molar-refractivity contribution in [1.29, 1.82) is 0 Å². The molecule has 7 heteroatoms. The van der Waals surface area contributed by atoms with Gasteiger partial charge in [-0.2, -0.15) is 0 Å². The number of aromatic nitrogens is 2. The van der Waals surface area contributed by atoms with Crippen LogP contribution in [0.1, 0.15) is 25.2 Å². The average Bonchev–Trinajstić information content (AvgIpc) is 2.73. The van der Waals surface area contributed by atoms with Crippen LogP contribution in [-0.2, 0) is 22.3 Å². The zero-order valence-corrected chi connectivity index (χ0v) is 17.7. The Morgan fingerprint density at radius 2 is 1.57 bits per heavy atom. The molecule has 1 N–H and O–H groups in total.